The fraction of sp³-hybridized carbons (Fsp3) is 0.429. The van der Waals surface area contributed by atoms with Gasteiger partial charge in [0, 0.05) is 29.3 Å². The Morgan fingerprint density at radius 2 is 2.16 bits per heavy atom. The SMILES string of the molecule is CCC(C)n1ccc(CC(N)c2ccc(Br)cn2)n1. The van der Waals surface area contributed by atoms with Crippen molar-refractivity contribution in [2.24, 2.45) is 5.73 Å². The molecule has 0 saturated carbocycles. The highest BCUT2D eigenvalue weighted by Gasteiger charge is 2.11. The molecule has 19 heavy (non-hydrogen) atoms. The van der Waals surface area contributed by atoms with Crippen LogP contribution in [0.15, 0.2) is 35.1 Å². The van der Waals surface area contributed by atoms with E-state index < -0.39 is 0 Å². The van der Waals surface area contributed by atoms with Crippen LogP contribution in [-0.2, 0) is 6.42 Å². The van der Waals surface area contributed by atoms with E-state index in [-0.39, 0.29) is 6.04 Å². The van der Waals surface area contributed by atoms with Crippen molar-refractivity contribution >= 4 is 15.9 Å². The van der Waals surface area contributed by atoms with Gasteiger partial charge in [0.2, 0.25) is 0 Å². The molecular weight excluding hydrogens is 304 g/mol. The quantitative estimate of drug-likeness (QED) is 0.919. The molecule has 0 aromatic carbocycles. The van der Waals surface area contributed by atoms with Crippen LogP contribution < -0.4 is 5.73 Å². The van der Waals surface area contributed by atoms with Gasteiger partial charge in [-0.25, -0.2) is 0 Å². The number of pyridine rings is 1. The van der Waals surface area contributed by atoms with Crippen molar-refractivity contribution in [3.63, 3.8) is 0 Å². The molecule has 0 radical (unpaired) electrons. The van der Waals surface area contributed by atoms with Gasteiger partial charge in [0.05, 0.1) is 17.4 Å². The molecule has 4 nitrogen and oxygen atoms in total. The maximum atomic E-state index is 6.17. The first-order valence-electron chi connectivity index (χ1n) is 6.51. The highest BCUT2D eigenvalue weighted by molar-refractivity contribution is 9.10. The maximum Gasteiger partial charge on any atom is 0.0644 e. The van der Waals surface area contributed by atoms with Crippen LogP contribution in [0.3, 0.4) is 0 Å². The first kappa shape index (κ1) is 14.2. The third-order valence-electron chi connectivity index (χ3n) is 3.27. The second kappa shape index (κ2) is 6.30. The van der Waals surface area contributed by atoms with Gasteiger partial charge in [-0.15, -0.1) is 0 Å². The van der Waals surface area contributed by atoms with E-state index in [0.717, 1.165) is 22.3 Å². The number of hydrogen-bond acceptors (Lipinski definition) is 3. The van der Waals surface area contributed by atoms with Gasteiger partial charge in [0.15, 0.2) is 0 Å². The Hall–Kier alpha value is -1.20. The van der Waals surface area contributed by atoms with Crippen LogP contribution in [-0.4, -0.2) is 14.8 Å². The predicted molar refractivity (Wildman–Crippen MR) is 79.8 cm³/mol. The summed E-state index contributed by atoms with van der Waals surface area (Å²) in [7, 11) is 0. The molecule has 2 N–H and O–H groups in total. The van der Waals surface area contributed by atoms with Gasteiger partial charge in [-0.1, -0.05) is 6.92 Å². The van der Waals surface area contributed by atoms with E-state index in [1.165, 1.54) is 0 Å². The number of aromatic nitrogens is 3. The van der Waals surface area contributed by atoms with Gasteiger partial charge >= 0.3 is 0 Å². The topological polar surface area (TPSA) is 56.7 Å². The van der Waals surface area contributed by atoms with Crippen molar-refractivity contribution in [1.82, 2.24) is 14.8 Å². The molecule has 2 unspecified atom stereocenters. The van der Waals surface area contributed by atoms with Crippen LogP contribution in [0.2, 0.25) is 0 Å². The molecule has 2 atom stereocenters. The Morgan fingerprint density at radius 1 is 1.37 bits per heavy atom. The summed E-state index contributed by atoms with van der Waals surface area (Å²) in [5.74, 6) is 0. The van der Waals surface area contributed by atoms with Gasteiger partial charge in [0.1, 0.15) is 0 Å². The minimum atomic E-state index is -0.117. The van der Waals surface area contributed by atoms with Crippen molar-refractivity contribution < 1.29 is 0 Å². The number of hydrogen-bond donors (Lipinski definition) is 1. The van der Waals surface area contributed by atoms with Crippen LogP contribution in [0, 0.1) is 0 Å². The van der Waals surface area contributed by atoms with Gasteiger partial charge < -0.3 is 5.73 Å². The van der Waals surface area contributed by atoms with Crippen molar-refractivity contribution in [3.8, 4) is 0 Å². The molecule has 102 valence electrons. The average Bonchev–Trinajstić information content (AvgIpc) is 2.87. The van der Waals surface area contributed by atoms with Gasteiger partial charge in [0.25, 0.3) is 0 Å². The lowest BCUT2D eigenvalue weighted by atomic mass is 10.1. The fourth-order valence-electron chi connectivity index (χ4n) is 1.86. The van der Waals surface area contributed by atoms with E-state index in [1.807, 2.05) is 29.1 Å². The van der Waals surface area contributed by atoms with E-state index in [9.17, 15) is 0 Å². The molecule has 2 rings (SSSR count). The van der Waals surface area contributed by atoms with Crippen LogP contribution in [0.1, 0.15) is 43.7 Å². The summed E-state index contributed by atoms with van der Waals surface area (Å²) in [5, 5.41) is 4.56. The van der Waals surface area contributed by atoms with Crippen LogP contribution in [0.25, 0.3) is 0 Å². The minimum Gasteiger partial charge on any atom is -0.322 e. The van der Waals surface area contributed by atoms with Crippen LogP contribution in [0.4, 0.5) is 0 Å². The first-order valence-corrected chi connectivity index (χ1v) is 7.30. The third kappa shape index (κ3) is 3.64. The zero-order valence-electron chi connectivity index (χ0n) is 11.3. The number of halogens is 1. The summed E-state index contributed by atoms with van der Waals surface area (Å²) in [4.78, 5) is 4.33. The average molecular weight is 323 g/mol. The molecule has 2 aromatic rings. The highest BCUT2D eigenvalue weighted by atomic mass is 79.9. The molecular formula is C14H19BrN4. The standard InChI is InChI=1S/C14H19BrN4/c1-3-10(2)19-7-6-12(18-19)8-13(16)14-5-4-11(15)9-17-14/h4-7,9-10,13H,3,8,16H2,1-2H3. The Balaban J connectivity index is 2.04. The number of rotatable bonds is 5. The lowest BCUT2D eigenvalue weighted by Gasteiger charge is -2.10. The van der Waals surface area contributed by atoms with Crippen molar-refractivity contribution in [2.45, 2.75) is 38.8 Å². The molecule has 0 saturated heterocycles. The Bertz CT molecular complexity index is 520. The fourth-order valence-corrected chi connectivity index (χ4v) is 2.09. The first-order chi connectivity index (χ1) is 9.10. The predicted octanol–water partition coefficient (Wildman–Crippen LogP) is 3.25. The van der Waals surface area contributed by atoms with Gasteiger partial charge in [-0.3, -0.25) is 9.67 Å². The Labute approximate surface area is 122 Å². The summed E-state index contributed by atoms with van der Waals surface area (Å²) in [5.41, 5.74) is 8.07. The zero-order chi connectivity index (χ0) is 13.8. The smallest absolute Gasteiger partial charge is 0.0644 e. The highest BCUT2D eigenvalue weighted by Crippen LogP contribution is 2.16. The lowest BCUT2D eigenvalue weighted by Crippen LogP contribution is -2.15. The third-order valence-corrected chi connectivity index (χ3v) is 3.73. The summed E-state index contributed by atoms with van der Waals surface area (Å²) in [6, 6.07) is 6.25. The molecule has 2 heterocycles. The minimum absolute atomic E-state index is 0.117. The monoisotopic (exact) mass is 322 g/mol. The van der Waals surface area contributed by atoms with E-state index in [2.05, 4.69) is 39.9 Å². The summed E-state index contributed by atoms with van der Waals surface area (Å²) in [6.45, 7) is 4.32. The van der Waals surface area contributed by atoms with Crippen molar-refractivity contribution in [2.75, 3.05) is 0 Å². The van der Waals surface area contributed by atoms with Gasteiger partial charge in [-0.05, 0) is 47.5 Å². The van der Waals surface area contributed by atoms with E-state index in [4.69, 9.17) is 5.73 Å². The Kier molecular flexibility index (Phi) is 4.71. The van der Waals surface area contributed by atoms with Crippen LogP contribution >= 0.6 is 15.9 Å². The summed E-state index contributed by atoms with van der Waals surface area (Å²) in [6.07, 6.45) is 5.57. The second-order valence-corrected chi connectivity index (χ2v) is 5.67. The lowest BCUT2D eigenvalue weighted by molar-refractivity contribution is 0.471. The molecule has 0 bridgehead atoms. The molecule has 0 amide bonds. The van der Waals surface area contributed by atoms with E-state index >= 15 is 0 Å². The molecule has 0 spiro atoms. The van der Waals surface area contributed by atoms with Crippen molar-refractivity contribution in [3.05, 3.63) is 46.5 Å². The largest absolute Gasteiger partial charge is 0.322 e. The Morgan fingerprint density at radius 3 is 2.79 bits per heavy atom. The van der Waals surface area contributed by atoms with E-state index in [0.29, 0.717) is 12.5 Å². The van der Waals surface area contributed by atoms with Gasteiger partial charge in [-0.2, -0.15) is 5.10 Å². The van der Waals surface area contributed by atoms with E-state index in [1.54, 1.807) is 6.20 Å². The normalized spacial score (nSPS) is 14.3. The molecule has 0 fully saturated rings. The molecule has 0 aliphatic rings. The number of nitrogens with zero attached hydrogens (tertiary/aromatic N) is 3. The molecule has 0 aliphatic heterocycles. The molecule has 5 heteroatoms. The van der Waals surface area contributed by atoms with Crippen molar-refractivity contribution in [1.29, 1.82) is 0 Å². The zero-order valence-corrected chi connectivity index (χ0v) is 12.8. The summed E-state index contributed by atoms with van der Waals surface area (Å²) >= 11 is 3.37. The summed E-state index contributed by atoms with van der Waals surface area (Å²) < 4.78 is 2.96. The number of nitrogens with two attached hydrogens (primary N) is 1. The van der Waals surface area contributed by atoms with Crippen LogP contribution in [0.5, 0.6) is 0 Å². The molecule has 2 aromatic heterocycles. The maximum absolute atomic E-state index is 6.17. The second-order valence-electron chi connectivity index (χ2n) is 4.76. The molecule has 0 aliphatic carbocycles.